The average Bonchev–Trinajstić information content (AvgIpc) is 3.25. The quantitative estimate of drug-likeness (QED) is 0.576. The smallest absolute Gasteiger partial charge is 0.223 e. The van der Waals surface area contributed by atoms with Gasteiger partial charge in [-0.15, -0.1) is 0 Å². The van der Waals surface area contributed by atoms with E-state index >= 15 is 0 Å². The molecule has 2 aromatic carbocycles. The fourth-order valence-electron chi connectivity index (χ4n) is 3.93. The maximum atomic E-state index is 13.4. The number of benzene rings is 2. The number of nitrogens with zero attached hydrogens (tertiary/aromatic N) is 2. The van der Waals surface area contributed by atoms with E-state index < -0.39 is 0 Å². The first-order valence-corrected chi connectivity index (χ1v) is 11.2. The molecule has 1 aliphatic heterocycles. The standard InChI is InChI=1S/C23H26FN3O4S/c1-29-18-10-14(11-19(30-2)21(18)31-3)13-25-22(28)15-6-8-27(9-7-15)23-26-17-5-4-16(24)12-20(17)32-23/h4-5,10-12,15H,6-9,13H2,1-3H3,(H,25,28). The lowest BCUT2D eigenvalue weighted by Gasteiger charge is -2.31. The number of aromatic nitrogens is 1. The number of hydrogen-bond donors (Lipinski definition) is 1. The fourth-order valence-corrected chi connectivity index (χ4v) is 4.97. The molecule has 0 aliphatic carbocycles. The number of piperidine rings is 1. The molecule has 0 unspecified atom stereocenters. The number of carbonyl (C=O) groups is 1. The number of anilines is 1. The summed E-state index contributed by atoms with van der Waals surface area (Å²) in [7, 11) is 4.69. The summed E-state index contributed by atoms with van der Waals surface area (Å²) < 4.78 is 30.4. The molecule has 0 spiro atoms. The number of nitrogens with one attached hydrogen (secondary N) is 1. The van der Waals surface area contributed by atoms with E-state index in [-0.39, 0.29) is 17.6 Å². The van der Waals surface area contributed by atoms with Gasteiger partial charge in [-0.3, -0.25) is 4.79 Å². The van der Waals surface area contributed by atoms with E-state index in [0.29, 0.717) is 23.8 Å². The molecule has 9 heteroatoms. The molecule has 1 fully saturated rings. The summed E-state index contributed by atoms with van der Waals surface area (Å²) >= 11 is 1.49. The monoisotopic (exact) mass is 459 g/mol. The summed E-state index contributed by atoms with van der Waals surface area (Å²) in [6.07, 6.45) is 1.48. The molecule has 3 aromatic rings. The normalized spacial score (nSPS) is 14.4. The van der Waals surface area contributed by atoms with E-state index in [0.717, 1.165) is 46.8 Å². The molecule has 32 heavy (non-hydrogen) atoms. The molecule has 0 saturated carbocycles. The van der Waals surface area contributed by atoms with Crippen molar-refractivity contribution in [3.8, 4) is 17.2 Å². The van der Waals surface area contributed by atoms with Crippen LogP contribution in [-0.2, 0) is 11.3 Å². The Morgan fingerprint density at radius 2 is 1.81 bits per heavy atom. The molecule has 0 radical (unpaired) electrons. The topological polar surface area (TPSA) is 72.9 Å². The highest BCUT2D eigenvalue weighted by Gasteiger charge is 2.26. The molecule has 1 amide bonds. The fraction of sp³-hybridized carbons (Fsp3) is 0.391. The van der Waals surface area contributed by atoms with Crippen LogP contribution >= 0.6 is 11.3 Å². The molecule has 0 atom stereocenters. The number of carbonyl (C=O) groups excluding carboxylic acids is 1. The number of hydrogen-bond acceptors (Lipinski definition) is 7. The van der Waals surface area contributed by atoms with Gasteiger partial charge in [0.25, 0.3) is 0 Å². The Labute approximate surface area is 190 Å². The maximum absolute atomic E-state index is 13.4. The Balaban J connectivity index is 1.34. The zero-order valence-corrected chi connectivity index (χ0v) is 19.1. The Hall–Kier alpha value is -3.07. The van der Waals surface area contributed by atoms with Gasteiger partial charge in [-0.05, 0) is 48.7 Å². The minimum absolute atomic E-state index is 0.0322. The zero-order valence-electron chi connectivity index (χ0n) is 18.3. The molecule has 2 heterocycles. The summed E-state index contributed by atoms with van der Waals surface area (Å²) in [5.41, 5.74) is 1.67. The second kappa shape index (κ2) is 9.60. The highest BCUT2D eigenvalue weighted by atomic mass is 32.1. The lowest BCUT2D eigenvalue weighted by Crippen LogP contribution is -2.40. The first-order chi connectivity index (χ1) is 15.5. The molecule has 4 rings (SSSR count). The van der Waals surface area contributed by atoms with Crippen LogP contribution in [0.5, 0.6) is 17.2 Å². The van der Waals surface area contributed by atoms with Crippen LogP contribution in [-0.4, -0.2) is 45.3 Å². The van der Waals surface area contributed by atoms with Gasteiger partial charge in [0.1, 0.15) is 5.82 Å². The molecular weight excluding hydrogens is 433 g/mol. The molecular formula is C23H26FN3O4S. The summed E-state index contributed by atoms with van der Waals surface area (Å²) in [5, 5.41) is 3.90. The summed E-state index contributed by atoms with van der Waals surface area (Å²) in [6, 6.07) is 8.31. The lowest BCUT2D eigenvalue weighted by atomic mass is 9.96. The van der Waals surface area contributed by atoms with Crippen LogP contribution in [0.3, 0.4) is 0 Å². The Morgan fingerprint density at radius 3 is 2.44 bits per heavy atom. The van der Waals surface area contributed by atoms with Crippen molar-refractivity contribution in [2.75, 3.05) is 39.3 Å². The van der Waals surface area contributed by atoms with Gasteiger partial charge in [0.2, 0.25) is 11.7 Å². The predicted octanol–water partition coefficient (Wildman–Crippen LogP) is 3.99. The average molecular weight is 460 g/mol. The van der Waals surface area contributed by atoms with E-state index in [4.69, 9.17) is 14.2 Å². The number of fused-ring (bicyclic) bond motifs is 1. The van der Waals surface area contributed by atoms with Crippen molar-refractivity contribution >= 4 is 32.6 Å². The third-order valence-corrected chi connectivity index (χ3v) is 6.75. The van der Waals surface area contributed by atoms with Gasteiger partial charge in [-0.1, -0.05) is 11.3 Å². The summed E-state index contributed by atoms with van der Waals surface area (Å²) in [4.78, 5) is 19.5. The number of halogens is 1. The summed E-state index contributed by atoms with van der Waals surface area (Å²) in [5.74, 6) is 1.36. The van der Waals surface area contributed by atoms with Gasteiger partial charge in [-0.2, -0.15) is 0 Å². The summed E-state index contributed by atoms with van der Waals surface area (Å²) in [6.45, 7) is 1.86. The molecule has 7 nitrogen and oxygen atoms in total. The minimum atomic E-state index is -0.254. The first kappa shape index (κ1) is 22.1. The number of amides is 1. The molecule has 1 aromatic heterocycles. The second-order valence-corrected chi connectivity index (χ2v) is 8.63. The number of ether oxygens (including phenoxy) is 3. The van der Waals surface area contributed by atoms with Crippen LogP contribution in [0.2, 0.25) is 0 Å². The van der Waals surface area contributed by atoms with Crippen LogP contribution in [0, 0.1) is 11.7 Å². The minimum Gasteiger partial charge on any atom is -0.493 e. The highest BCUT2D eigenvalue weighted by molar-refractivity contribution is 7.22. The van der Waals surface area contributed by atoms with Gasteiger partial charge in [0.15, 0.2) is 16.6 Å². The lowest BCUT2D eigenvalue weighted by molar-refractivity contribution is -0.125. The Morgan fingerprint density at radius 1 is 1.12 bits per heavy atom. The van der Waals surface area contributed by atoms with Crippen LogP contribution in [0.25, 0.3) is 10.2 Å². The molecule has 1 N–H and O–H groups in total. The largest absolute Gasteiger partial charge is 0.493 e. The van der Waals surface area contributed by atoms with Crippen LogP contribution in [0.1, 0.15) is 18.4 Å². The van der Waals surface area contributed by atoms with Gasteiger partial charge in [0.05, 0.1) is 31.5 Å². The van der Waals surface area contributed by atoms with Crippen molar-refractivity contribution in [3.05, 3.63) is 41.7 Å². The second-order valence-electron chi connectivity index (χ2n) is 7.62. The van der Waals surface area contributed by atoms with Crippen molar-refractivity contribution in [1.82, 2.24) is 10.3 Å². The van der Waals surface area contributed by atoms with Gasteiger partial charge >= 0.3 is 0 Å². The molecule has 1 saturated heterocycles. The van der Waals surface area contributed by atoms with E-state index in [1.807, 2.05) is 12.1 Å². The van der Waals surface area contributed by atoms with E-state index in [2.05, 4.69) is 15.2 Å². The van der Waals surface area contributed by atoms with Crippen molar-refractivity contribution in [2.24, 2.45) is 5.92 Å². The third kappa shape index (κ3) is 4.57. The van der Waals surface area contributed by atoms with Crippen LogP contribution in [0.15, 0.2) is 30.3 Å². The zero-order chi connectivity index (χ0) is 22.7. The Kier molecular flexibility index (Phi) is 6.64. The number of methoxy groups -OCH3 is 3. The van der Waals surface area contributed by atoms with E-state index in [9.17, 15) is 9.18 Å². The maximum Gasteiger partial charge on any atom is 0.223 e. The van der Waals surface area contributed by atoms with Gasteiger partial charge in [-0.25, -0.2) is 9.37 Å². The third-order valence-electron chi connectivity index (χ3n) is 5.67. The van der Waals surface area contributed by atoms with Crippen LogP contribution in [0.4, 0.5) is 9.52 Å². The molecule has 1 aliphatic rings. The van der Waals surface area contributed by atoms with Crippen molar-refractivity contribution in [1.29, 1.82) is 0 Å². The number of thiazole rings is 1. The first-order valence-electron chi connectivity index (χ1n) is 10.4. The molecule has 0 bridgehead atoms. The van der Waals surface area contributed by atoms with Crippen molar-refractivity contribution < 1.29 is 23.4 Å². The van der Waals surface area contributed by atoms with Gasteiger partial charge < -0.3 is 24.4 Å². The van der Waals surface area contributed by atoms with E-state index in [1.165, 1.54) is 23.5 Å². The molecule has 170 valence electrons. The van der Waals surface area contributed by atoms with Crippen LogP contribution < -0.4 is 24.4 Å². The van der Waals surface area contributed by atoms with Crippen molar-refractivity contribution in [2.45, 2.75) is 19.4 Å². The SMILES string of the molecule is COc1cc(CNC(=O)C2CCN(c3nc4ccc(F)cc4s3)CC2)cc(OC)c1OC. The van der Waals surface area contributed by atoms with E-state index in [1.54, 1.807) is 27.4 Å². The highest BCUT2D eigenvalue weighted by Crippen LogP contribution is 2.38. The predicted molar refractivity (Wildman–Crippen MR) is 122 cm³/mol. The Bertz CT molecular complexity index is 1090. The van der Waals surface area contributed by atoms with Crippen molar-refractivity contribution in [3.63, 3.8) is 0 Å². The number of rotatable bonds is 7. The van der Waals surface area contributed by atoms with Gasteiger partial charge in [0, 0.05) is 25.6 Å².